The molecule has 0 amide bonds. The summed E-state index contributed by atoms with van der Waals surface area (Å²) in [6, 6.07) is 0. The monoisotopic (exact) mass is 429 g/mol. The van der Waals surface area contributed by atoms with Gasteiger partial charge in [0.05, 0.1) is 12.8 Å². The van der Waals surface area contributed by atoms with Crippen LogP contribution in [0.2, 0.25) is 0 Å². The van der Waals surface area contributed by atoms with Crippen LogP contribution >= 0.6 is 0 Å². The lowest BCUT2D eigenvalue weighted by atomic mass is 9.47. The minimum Gasteiger partial charge on any atom is -0.481 e. The number of esters is 1. The SMILES string of the molecule is CCC[CH-][C@H]1CC[C@H]2[C@@H]3CC=C4C[C@@H](OC(=O)CCC(=O)O)CC[C@]4(C)[C@H]3CC[C@]12C. The summed E-state index contributed by atoms with van der Waals surface area (Å²) in [6.07, 6.45) is 16.9. The average molecular weight is 430 g/mol. The predicted octanol–water partition coefficient (Wildman–Crippen LogP) is 6.35. The van der Waals surface area contributed by atoms with Crippen molar-refractivity contribution in [2.24, 2.45) is 34.5 Å². The van der Waals surface area contributed by atoms with Crippen LogP contribution in [-0.4, -0.2) is 23.1 Å². The number of hydrogen-bond donors (Lipinski definition) is 1. The molecule has 0 heterocycles. The van der Waals surface area contributed by atoms with E-state index >= 15 is 0 Å². The number of carboxylic acids is 1. The number of aliphatic carboxylic acids is 1. The van der Waals surface area contributed by atoms with Crippen molar-refractivity contribution >= 4 is 11.9 Å². The van der Waals surface area contributed by atoms with Gasteiger partial charge in [-0.2, -0.15) is 12.3 Å². The van der Waals surface area contributed by atoms with Gasteiger partial charge in [-0.1, -0.05) is 57.1 Å². The zero-order valence-corrected chi connectivity index (χ0v) is 19.7. The normalized spacial score (nSPS) is 41.5. The minimum atomic E-state index is -0.944. The highest BCUT2D eigenvalue weighted by molar-refractivity contribution is 5.76. The molecule has 4 aliphatic rings. The summed E-state index contributed by atoms with van der Waals surface area (Å²) in [5, 5.41) is 8.79. The molecular weight excluding hydrogens is 388 g/mol. The maximum atomic E-state index is 12.0. The van der Waals surface area contributed by atoms with Gasteiger partial charge in [0.15, 0.2) is 0 Å². The van der Waals surface area contributed by atoms with Crippen LogP contribution in [0.25, 0.3) is 0 Å². The van der Waals surface area contributed by atoms with E-state index in [-0.39, 0.29) is 30.3 Å². The molecule has 174 valence electrons. The fourth-order valence-corrected chi connectivity index (χ4v) is 7.98. The summed E-state index contributed by atoms with van der Waals surface area (Å²) < 4.78 is 5.66. The maximum absolute atomic E-state index is 12.0. The van der Waals surface area contributed by atoms with Crippen LogP contribution in [0, 0.1) is 40.9 Å². The molecule has 1 N–H and O–H groups in total. The molecular formula is C27H41O4-. The molecule has 4 aliphatic carbocycles. The Morgan fingerprint density at radius 3 is 2.68 bits per heavy atom. The van der Waals surface area contributed by atoms with E-state index < -0.39 is 5.97 Å². The lowest BCUT2D eigenvalue weighted by Gasteiger charge is -2.59. The number of carbonyl (C=O) groups is 2. The van der Waals surface area contributed by atoms with Crippen LogP contribution in [0.1, 0.15) is 97.8 Å². The molecule has 3 fully saturated rings. The zero-order chi connectivity index (χ0) is 22.2. The van der Waals surface area contributed by atoms with Crippen molar-refractivity contribution in [2.75, 3.05) is 0 Å². The summed E-state index contributed by atoms with van der Waals surface area (Å²) in [7, 11) is 0. The molecule has 3 saturated carbocycles. The molecule has 0 aromatic heterocycles. The Morgan fingerprint density at radius 2 is 1.94 bits per heavy atom. The average Bonchev–Trinajstić information content (AvgIpc) is 3.07. The van der Waals surface area contributed by atoms with Gasteiger partial charge in [0.2, 0.25) is 0 Å². The van der Waals surface area contributed by atoms with E-state index in [0.717, 1.165) is 42.9 Å². The van der Waals surface area contributed by atoms with Gasteiger partial charge < -0.3 is 16.3 Å². The van der Waals surface area contributed by atoms with Gasteiger partial charge >= 0.3 is 11.9 Å². The fourth-order valence-electron chi connectivity index (χ4n) is 7.98. The molecule has 0 bridgehead atoms. The topological polar surface area (TPSA) is 63.6 Å². The molecule has 4 rings (SSSR count). The summed E-state index contributed by atoms with van der Waals surface area (Å²) in [6.45, 7) is 7.36. The van der Waals surface area contributed by atoms with Gasteiger partial charge in [0.25, 0.3) is 0 Å². The molecule has 0 aromatic rings. The van der Waals surface area contributed by atoms with Crippen molar-refractivity contribution in [2.45, 2.75) is 104 Å². The van der Waals surface area contributed by atoms with E-state index in [4.69, 9.17) is 9.84 Å². The third kappa shape index (κ3) is 4.20. The Balaban J connectivity index is 1.43. The second-order valence-electron chi connectivity index (χ2n) is 11.3. The molecule has 0 radical (unpaired) electrons. The van der Waals surface area contributed by atoms with Crippen molar-refractivity contribution in [3.8, 4) is 0 Å². The lowest BCUT2D eigenvalue weighted by Crippen LogP contribution is -2.50. The van der Waals surface area contributed by atoms with Gasteiger partial charge in [-0.25, -0.2) is 0 Å². The standard InChI is InChI=1S/C27H41O4/c1-4-5-6-18-8-10-22-21-9-7-19-17-20(31-25(30)12-11-24(28)29)13-15-27(19,3)23(21)14-16-26(18,22)2/h6-7,18,20-23H,4-5,8-17H2,1-3H3,(H,28,29)/q-1/t18-,20-,21-,22-,23-,26+,27-/m0/s1. The van der Waals surface area contributed by atoms with Gasteiger partial charge in [-0.15, -0.1) is 0 Å². The van der Waals surface area contributed by atoms with Gasteiger partial charge in [-0.3, -0.25) is 9.59 Å². The van der Waals surface area contributed by atoms with E-state index in [1.165, 1.54) is 50.5 Å². The zero-order valence-electron chi connectivity index (χ0n) is 19.7. The molecule has 0 unspecified atom stereocenters. The van der Waals surface area contributed by atoms with E-state index in [1.807, 2.05) is 0 Å². The molecule has 0 aromatic carbocycles. The second-order valence-corrected chi connectivity index (χ2v) is 11.3. The predicted molar refractivity (Wildman–Crippen MR) is 121 cm³/mol. The second kappa shape index (κ2) is 8.90. The molecule has 0 spiro atoms. The number of ether oxygens (including phenoxy) is 1. The first-order valence-corrected chi connectivity index (χ1v) is 12.7. The first-order chi connectivity index (χ1) is 14.8. The quantitative estimate of drug-likeness (QED) is 0.291. The van der Waals surface area contributed by atoms with E-state index in [1.54, 1.807) is 0 Å². The van der Waals surface area contributed by atoms with Gasteiger partial charge in [-0.05, 0) is 55.3 Å². The Hall–Kier alpha value is -1.32. The Morgan fingerprint density at radius 1 is 1.13 bits per heavy atom. The highest BCUT2D eigenvalue weighted by atomic mass is 16.5. The van der Waals surface area contributed by atoms with Crippen LogP contribution < -0.4 is 0 Å². The number of fused-ring (bicyclic) bond motifs is 5. The Labute approximate surface area is 188 Å². The van der Waals surface area contributed by atoms with Crippen molar-refractivity contribution in [3.63, 3.8) is 0 Å². The summed E-state index contributed by atoms with van der Waals surface area (Å²) in [5.74, 6) is 1.92. The number of unbranched alkanes of at least 4 members (excludes halogenated alkanes) is 1. The summed E-state index contributed by atoms with van der Waals surface area (Å²) in [5.41, 5.74) is 2.25. The van der Waals surface area contributed by atoms with E-state index in [0.29, 0.717) is 5.41 Å². The molecule has 7 atom stereocenters. The third-order valence-corrected chi connectivity index (χ3v) is 9.71. The third-order valence-electron chi connectivity index (χ3n) is 9.71. The Kier molecular flexibility index (Phi) is 6.57. The van der Waals surface area contributed by atoms with Gasteiger partial charge in [0.1, 0.15) is 6.10 Å². The van der Waals surface area contributed by atoms with Crippen molar-refractivity contribution < 1.29 is 19.4 Å². The first-order valence-electron chi connectivity index (χ1n) is 12.7. The molecule has 31 heavy (non-hydrogen) atoms. The van der Waals surface area contributed by atoms with Crippen molar-refractivity contribution in [1.29, 1.82) is 0 Å². The van der Waals surface area contributed by atoms with Crippen LogP contribution in [0.4, 0.5) is 0 Å². The fraction of sp³-hybridized carbons (Fsp3) is 0.815. The Bertz CT molecular complexity index is 727. The van der Waals surface area contributed by atoms with Crippen LogP contribution in [0.15, 0.2) is 11.6 Å². The van der Waals surface area contributed by atoms with E-state index in [9.17, 15) is 9.59 Å². The molecule has 0 saturated heterocycles. The minimum absolute atomic E-state index is 0.0245. The smallest absolute Gasteiger partial charge is 0.306 e. The summed E-state index contributed by atoms with van der Waals surface area (Å²) in [4.78, 5) is 22.8. The highest BCUT2D eigenvalue weighted by Gasteiger charge is 2.56. The number of hydrogen-bond acceptors (Lipinski definition) is 3. The first kappa shape index (κ1) is 22.9. The van der Waals surface area contributed by atoms with Crippen molar-refractivity contribution in [1.82, 2.24) is 0 Å². The lowest BCUT2D eigenvalue weighted by molar-refractivity contribution is -0.154. The number of rotatable bonds is 7. The molecule has 4 nitrogen and oxygen atoms in total. The highest BCUT2D eigenvalue weighted by Crippen LogP contribution is 2.66. The molecule has 0 aliphatic heterocycles. The maximum Gasteiger partial charge on any atom is 0.306 e. The van der Waals surface area contributed by atoms with Crippen LogP contribution in [0.3, 0.4) is 0 Å². The molecule has 4 heteroatoms. The number of allylic oxidation sites excluding steroid dienone is 1. The van der Waals surface area contributed by atoms with Gasteiger partial charge in [0, 0.05) is 6.42 Å². The number of carboxylic acid groups (broad SMARTS) is 1. The van der Waals surface area contributed by atoms with Crippen LogP contribution in [-0.2, 0) is 14.3 Å². The summed E-state index contributed by atoms with van der Waals surface area (Å²) >= 11 is 0. The van der Waals surface area contributed by atoms with E-state index in [2.05, 4.69) is 33.3 Å². The van der Waals surface area contributed by atoms with Crippen LogP contribution in [0.5, 0.6) is 0 Å². The number of carbonyl (C=O) groups excluding carboxylic acids is 1. The van der Waals surface area contributed by atoms with Crippen molar-refractivity contribution in [3.05, 3.63) is 18.1 Å². The largest absolute Gasteiger partial charge is 0.481 e.